The van der Waals surface area contributed by atoms with Crippen LogP contribution in [0.25, 0.3) is 0 Å². The summed E-state index contributed by atoms with van der Waals surface area (Å²) in [6.45, 7) is 1.03. The molecule has 0 N–H and O–H groups in total. The molecule has 1 aliphatic rings. The first-order chi connectivity index (χ1) is 12.6. The lowest BCUT2D eigenvalue weighted by molar-refractivity contribution is -0.151. The number of hydrogen-bond acceptors (Lipinski definition) is 7. The Morgan fingerprint density at radius 3 is 2.65 bits per heavy atom. The fourth-order valence-electron chi connectivity index (χ4n) is 2.80. The second kappa shape index (κ2) is 8.18. The first kappa shape index (κ1) is 18.2. The number of hydrogen-bond donors (Lipinski definition) is 0. The lowest BCUT2D eigenvalue weighted by Crippen LogP contribution is -2.40. The number of furan rings is 1. The lowest BCUT2D eigenvalue weighted by atomic mass is 9.97. The highest BCUT2D eigenvalue weighted by Crippen LogP contribution is 2.22. The minimum absolute atomic E-state index is 0.0118. The maximum Gasteiger partial charge on any atom is 0.373 e. The molecule has 0 unspecified atom stereocenters. The van der Waals surface area contributed by atoms with E-state index in [1.54, 1.807) is 17.0 Å². The summed E-state index contributed by atoms with van der Waals surface area (Å²) in [6.07, 6.45) is 1.14. The van der Waals surface area contributed by atoms with Gasteiger partial charge in [0.05, 0.1) is 17.9 Å². The molecule has 138 valence electrons. The van der Waals surface area contributed by atoms with Gasteiger partial charge in [-0.15, -0.1) is 11.3 Å². The van der Waals surface area contributed by atoms with Crippen molar-refractivity contribution in [2.75, 3.05) is 20.2 Å². The van der Waals surface area contributed by atoms with Crippen molar-refractivity contribution in [2.24, 2.45) is 5.92 Å². The molecule has 1 amide bonds. The van der Waals surface area contributed by atoms with Gasteiger partial charge in [-0.25, -0.2) is 4.79 Å². The van der Waals surface area contributed by atoms with Crippen LogP contribution < -0.4 is 0 Å². The van der Waals surface area contributed by atoms with Crippen molar-refractivity contribution >= 4 is 29.2 Å². The van der Waals surface area contributed by atoms with E-state index in [4.69, 9.17) is 9.15 Å². The molecule has 2 aromatic heterocycles. The minimum Gasteiger partial charge on any atom is -0.463 e. The third-order valence-electron chi connectivity index (χ3n) is 4.25. The topological polar surface area (TPSA) is 86.0 Å². The maximum absolute atomic E-state index is 12.3. The van der Waals surface area contributed by atoms with Crippen LogP contribution >= 0.6 is 11.3 Å². The molecule has 0 spiro atoms. The monoisotopic (exact) mass is 377 g/mol. The molecule has 0 bridgehead atoms. The van der Waals surface area contributed by atoms with E-state index in [0.717, 1.165) is 0 Å². The minimum atomic E-state index is -0.578. The fourth-order valence-corrected chi connectivity index (χ4v) is 3.49. The van der Waals surface area contributed by atoms with Crippen LogP contribution in [0, 0.1) is 5.92 Å². The third-order valence-corrected chi connectivity index (χ3v) is 5.11. The average molecular weight is 377 g/mol. The van der Waals surface area contributed by atoms with Gasteiger partial charge in [0.15, 0.2) is 0 Å². The Bertz CT molecular complexity index is 773. The van der Waals surface area contributed by atoms with E-state index in [9.17, 15) is 14.4 Å². The van der Waals surface area contributed by atoms with E-state index >= 15 is 0 Å². The number of rotatable bonds is 5. The van der Waals surface area contributed by atoms with Crippen LogP contribution in [0.3, 0.4) is 0 Å². The highest BCUT2D eigenvalue weighted by atomic mass is 32.1. The van der Waals surface area contributed by atoms with Gasteiger partial charge in [-0.1, -0.05) is 6.07 Å². The molecule has 0 saturated carbocycles. The van der Waals surface area contributed by atoms with Crippen LogP contribution in [-0.4, -0.2) is 42.9 Å². The van der Waals surface area contributed by atoms with Crippen LogP contribution in [-0.2, 0) is 20.9 Å². The fraction of sp³-hybridized carbons (Fsp3) is 0.389. The van der Waals surface area contributed by atoms with E-state index in [1.165, 1.54) is 24.5 Å². The molecule has 1 saturated heterocycles. The zero-order valence-electron chi connectivity index (χ0n) is 14.3. The molecule has 7 nitrogen and oxygen atoms in total. The Morgan fingerprint density at radius 2 is 2.00 bits per heavy atom. The van der Waals surface area contributed by atoms with Gasteiger partial charge in [-0.2, -0.15) is 0 Å². The second-order valence-electron chi connectivity index (χ2n) is 5.91. The van der Waals surface area contributed by atoms with Gasteiger partial charge in [0.25, 0.3) is 5.91 Å². The van der Waals surface area contributed by atoms with Gasteiger partial charge >= 0.3 is 11.9 Å². The van der Waals surface area contributed by atoms with Crippen LogP contribution in [0.15, 0.2) is 34.1 Å². The van der Waals surface area contributed by atoms with E-state index < -0.39 is 5.97 Å². The number of ether oxygens (including phenoxy) is 2. The predicted molar refractivity (Wildman–Crippen MR) is 92.8 cm³/mol. The Balaban J connectivity index is 1.46. The summed E-state index contributed by atoms with van der Waals surface area (Å²) in [5, 5.41) is 1.87. The largest absolute Gasteiger partial charge is 0.463 e. The van der Waals surface area contributed by atoms with E-state index in [-0.39, 0.29) is 30.2 Å². The van der Waals surface area contributed by atoms with Crippen molar-refractivity contribution in [3.8, 4) is 0 Å². The molecular formula is C18H19NO6S. The SMILES string of the molecule is COC(=O)c1ccc(COC(=O)C2CCN(C(=O)c3cccs3)CC2)o1. The molecule has 3 heterocycles. The van der Waals surface area contributed by atoms with Gasteiger partial charge in [0.2, 0.25) is 5.76 Å². The van der Waals surface area contributed by atoms with Gasteiger partial charge in [-0.05, 0) is 36.4 Å². The number of carbonyl (C=O) groups is 3. The molecule has 1 fully saturated rings. The number of esters is 2. The van der Waals surface area contributed by atoms with Gasteiger partial charge in [0, 0.05) is 13.1 Å². The van der Waals surface area contributed by atoms with E-state index in [1.807, 2.05) is 11.4 Å². The van der Waals surface area contributed by atoms with Gasteiger partial charge in [-0.3, -0.25) is 9.59 Å². The number of methoxy groups -OCH3 is 1. The molecule has 8 heteroatoms. The average Bonchev–Trinajstić information content (AvgIpc) is 3.37. The summed E-state index contributed by atoms with van der Waals surface area (Å²) >= 11 is 1.42. The van der Waals surface area contributed by atoms with E-state index in [2.05, 4.69) is 4.74 Å². The Hall–Kier alpha value is -2.61. The zero-order chi connectivity index (χ0) is 18.5. The first-order valence-corrected chi connectivity index (χ1v) is 9.13. The standard InChI is InChI=1S/C18H19NO6S/c1-23-18(22)14-5-4-13(25-14)11-24-17(21)12-6-8-19(9-7-12)16(20)15-3-2-10-26-15/h2-5,10,12H,6-9,11H2,1H3. The molecule has 26 heavy (non-hydrogen) atoms. The molecule has 0 radical (unpaired) electrons. The van der Waals surface area contributed by atoms with Gasteiger partial charge < -0.3 is 18.8 Å². The normalized spacial score (nSPS) is 14.9. The van der Waals surface area contributed by atoms with Crippen LogP contribution in [0.5, 0.6) is 0 Å². The van der Waals surface area contributed by atoms with Crippen molar-refractivity contribution < 1.29 is 28.3 Å². The highest BCUT2D eigenvalue weighted by molar-refractivity contribution is 7.12. The molecule has 2 aromatic rings. The number of carbonyl (C=O) groups excluding carboxylic acids is 3. The molecular weight excluding hydrogens is 358 g/mol. The predicted octanol–water partition coefficient (Wildman–Crippen LogP) is 2.72. The molecule has 0 aliphatic carbocycles. The highest BCUT2D eigenvalue weighted by Gasteiger charge is 2.29. The summed E-state index contributed by atoms with van der Waals surface area (Å²) in [4.78, 5) is 38.3. The summed E-state index contributed by atoms with van der Waals surface area (Å²) in [6, 6.07) is 6.70. The molecule has 3 rings (SSSR count). The lowest BCUT2D eigenvalue weighted by Gasteiger charge is -2.30. The number of piperidine rings is 1. The summed E-state index contributed by atoms with van der Waals surface area (Å²) in [5.74, 6) is -0.673. The summed E-state index contributed by atoms with van der Waals surface area (Å²) < 4.78 is 15.1. The smallest absolute Gasteiger partial charge is 0.373 e. The third kappa shape index (κ3) is 4.13. The Kier molecular flexibility index (Phi) is 5.72. The Morgan fingerprint density at radius 1 is 1.23 bits per heavy atom. The second-order valence-corrected chi connectivity index (χ2v) is 6.86. The number of thiophene rings is 1. The summed E-state index contributed by atoms with van der Waals surface area (Å²) in [7, 11) is 1.26. The summed E-state index contributed by atoms with van der Waals surface area (Å²) in [5.41, 5.74) is 0. The van der Waals surface area contributed by atoms with Crippen LogP contribution in [0.4, 0.5) is 0 Å². The Labute approximate surface area is 154 Å². The first-order valence-electron chi connectivity index (χ1n) is 8.25. The van der Waals surface area contributed by atoms with Crippen LogP contribution in [0.1, 0.15) is 38.8 Å². The van der Waals surface area contributed by atoms with Crippen LogP contribution in [0.2, 0.25) is 0 Å². The quantitative estimate of drug-likeness (QED) is 0.745. The van der Waals surface area contributed by atoms with E-state index in [0.29, 0.717) is 36.6 Å². The number of likely N-dealkylation sites (tertiary alicyclic amines) is 1. The van der Waals surface area contributed by atoms with Gasteiger partial charge in [0.1, 0.15) is 12.4 Å². The van der Waals surface area contributed by atoms with Crippen molar-refractivity contribution in [3.05, 3.63) is 46.0 Å². The molecule has 1 aliphatic heterocycles. The maximum atomic E-state index is 12.3. The van der Waals surface area contributed by atoms with Crippen molar-refractivity contribution in [3.63, 3.8) is 0 Å². The molecule has 0 atom stereocenters. The molecule has 0 aromatic carbocycles. The van der Waals surface area contributed by atoms with Crippen molar-refractivity contribution in [2.45, 2.75) is 19.4 Å². The zero-order valence-corrected chi connectivity index (χ0v) is 15.1. The number of amides is 1. The van der Waals surface area contributed by atoms with Crippen molar-refractivity contribution in [1.29, 1.82) is 0 Å². The van der Waals surface area contributed by atoms with Crippen molar-refractivity contribution in [1.82, 2.24) is 4.90 Å². The number of nitrogens with zero attached hydrogens (tertiary/aromatic N) is 1.